The molecule has 25 heavy (non-hydrogen) atoms. The first-order valence-electron chi connectivity index (χ1n) is 7.62. The highest BCUT2D eigenvalue weighted by Crippen LogP contribution is 2.16. The number of carbonyl (C=O) groups is 1. The molecule has 1 amide bonds. The van der Waals surface area contributed by atoms with Crippen LogP contribution in [-0.2, 0) is 17.9 Å². The van der Waals surface area contributed by atoms with Gasteiger partial charge < -0.3 is 10.1 Å². The van der Waals surface area contributed by atoms with Crippen LogP contribution in [0, 0.1) is 0 Å². The molecule has 2 aromatic carbocycles. The molecular weight excluding hydrogens is 342 g/mol. The predicted octanol–water partition coefficient (Wildman–Crippen LogP) is 2.37. The molecule has 0 spiro atoms. The van der Waals surface area contributed by atoms with E-state index in [4.69, 9.17) is 16.3 Å². The van der Waals surface area contributed by atoms with Gasteiger partial charge in [-0.3, -0.25) is 14.2 Å². The van der Waals surface area contributed by atoms with Crippen molar-refractivity contribution in [2.24, 2.45) is 0 Å². The van der Waals surface area contributed by atoms with Gasteiger partial charge in [0.1, 0.15) is 12.3 Å². The lowest BCUT2D eigenvalue weighted by molar-refractivity contribution is -0.121. The third-order valence-corrected chi connectivity index (χ3v) is 4.00. The Hall–Kier alpha value is -2.86. The number of nitrogens with zero attached hydrogens (tertiary/aromatic N) is 2. The minimum Gasteiger partial charge on any atom is -0.496 e. The third-order valence-electron chi connectivity index (χ3n) is 3.77. The molecule has 3 rings (SSSR count). The Bertz CT molecular complexity index is 985. The van der Waals surface area contributed by atoms with Gasteiger partial charge >= 0.3 is 0 Å². The molecule has 1 heterocycles. The fourth-order valence-corrected chi connectivity index (χ4v) is 2.67. The van der Waals surface area contributed by atoms with Gasteiger partial charge in [0.15, 0.2) is 0 Å². The summed E-state index contributed by atoms with van der Waals surface area (Å²) in [6.45, 7) is 0.188. The Labute approximate surface area is 149 Å². The van der Waals surface area contributed by atoms with Crippen LogP contribution in [0.4, 0.5) is 0 Å². The summed E-state index contributed by atoms with van der Waals surface area (Å²) in [6.07, 6.45) is 1.36. The van der Waals surface area contributed by atoms with Crippen molar-refractivity contribution in [1.82, 2.24) is 14.9 Å². The standard InChI is InChI=1S/C18H16ClN3O3/c1-25-16-5-3-2-4-12(16)9-20-17(23)10-22-11-21-15-7-6-13(19)8-14(15)18(22)24/h2-8,11H,9-10H2,1H3,(H,20,23). The smallest absolute Gasteiger partial charge is 0.261 e. The number of benzene rings is 2. The zero-order valence-electron chi connectivity index (χ0n) is 13.5. The SMILES string of the molecule is COc1ccccc1CNC(=O)Cn1cnc2ccc(Cl)cc2c1=O. The third kappa shape index (κ3) is 3.80. The van der Waals surface area contributed by atoms with Crippen LogP contribution in [0.15, 0.2) is 53.6 Å². The number of fused-ring (bicyclic) bond motifs is 1. The van der Waals surface area contributed by atoms with Gasteiger partial charge in [0, 0.05) is 17.1 Å². The van der Waals surface area contributed by atoms with Crippen molar-refractivity contribution < 1.29 is 9.53 Å². The van der Waals surface area contributed by atoms with Crippen molar-refractivity contribution in [2.45, 2.75) is 13.1 Å². The molecule has 6 nitrogen and oxygen atoms in total. The number of hydrogen-bond acceptors (Lipinski definition) is 4. The van der Waals surface area contributed by atoms with Crippen molar-refractivity contribution in [3.63, 3.8) is 0 Å². The average molecular weight is 358 g/mol. The molecule has 0 unspecified atom stereocenters. The van der Waals surface area contributed by atoms with Crippen LogP contribution in [-0.4, -0.2) is 22.6 Å². The molecule has 128 valence electrons. The van der Waals surface area contributed by atoms with Crippen LogP contribution in [0.25, 0.3) is 10.9 Å². The van der Waals surface area contributed by atoms with Crippen LogP contribution < -0.4 is 15.6 Å². The minimum absolute atomic E-state index is 0.122. The van der Waals surface area contributed by atoms with Crippen LogP contribution in [0.3, 0.4) is 0 Å². The molecule has 0 atom stereocenters. The van der Waals surface area contributed by atoms with E-state index in [-0.39, 0.29) is 18.0 Å². The monoisotopic (exact) mass is 357 g/mol. The Kier molecular flexibility index (Phi) is 5.00. The number of rotatable bonds is 5. The largest absolute Gasteiger partial charge is 0.496 e. The van der Waals surface area contributed by atoms with E-state index in [2.05, 4.69) is 10.3 Å². The number of hydrogen-bond donors (Lipinski definition) is 1. The quantitative estimate of drug-likeness (QED) is 0.761. The highest BCUT2D eigenvalue weighted by molar-refractivity contribution is 6.31. The van der Waals surface area contributed by atoms with Gasteiger partial charge in [0.25, 0.3) is 5.56 Å². The molecular formula is C18H16ClN3O3. The summed E-state index contributed by atoms with van der Waals surface area (Å²) < 4.78 is 6.51. The summed E-state index contributed by atoms with van der Waals surface area (Å²) >= 11 is 5.93. The van der Waals surface area contributed by atoms with E-state index in [0.717, 1.165) is 5.56 Å². The zero-order valence-corrected chi connectivity index (χ0v) is 14.3. The molecule has 0 saturated heterocycles. The fourth-order valence-electron chi connectivity index (χ4n) is 2.50. The number of carbonyl (C=O) groups excluding carboxylic acids is 1. The van der Waals surface area contributed by atoms with Crippen LogP contribution in [0.1, 0.15) is 5.56 Å². The number of amides is 1. The Morgan fingerprint density at radius 3 is 2.88 bits per heavy atom. The molecule has 1 N–H and O–H groups in total. The van der Waals surface area contributed by atoms with Gasteiger partial charge in [-0.05, 0) is 24.3 Å². The topological polar surface area (TPSA) is 73.2 Å². The maximum absolute atomic E-state index is 12.5. The average Bonchev–Trinajstić information content (AvgIpc) is 2.63. The summed E-state index contributed by atoms with van der Waals surface area (Å²) in [5.41, 5.74) is 1.09. The maximum Gasteiger partial charge on any atom is 0.261 e. The molecule has 0 fully saturated rings. The van der Waals surface area contributed by atoms with E-state index in [9.17, 15) is 9.59 Å². The zero-order chi connectivity index (χ0) is 17.8. The van der Waals surface area contributed by atoms with Crippen LogP contribution in [0.5, 0.6) is 5.75 Å². The number of para-hydroxylation sites is 1. The van der Waals surface area contributed by atoms with E-state index in [0.29, 0.717) is 28.2 Å². The molecule has 0 aliphatic carbocycles. The summed E-state index contributed by atoms with van der Waals surface area (Å²) in [7, 11) is 1.58. The van der Waals surface area contributed by atoms with Gasteiger partial charge in [-0.2, -0.15) is 0 Å². The number of halogens is 1. The van der Waals surface area contributed by atoms with Gasteiger partial charge in [0.2, 0.25) is 5.91 Å². The molecule has 7 heteroatoms. The lowest BCUT2D eigenvalue weighted by Crippen LogP contribution is -2.32. The van der Waals surface area contributed by atoms with Crippen LogP contribution in [0.2, 0.25) is 5.02 Å². The summed E-state index contributed by atoms with van der Waals surface area (Å²) in [5, 5.41) is 3.61. The lowest BCUT2D eigenvalue weighted by atomic mass is 10.2. The first kappa shape index (κ1) is 17.0. The maximum atomic E-state index is 12.5. The molecule has 0 bridgehead atoms. The first-order valence-corrected chi connectivity index (χ1v) is 7.99. The van der Waals surface area contributed by atoms with Crippen molar-refractivity contribution >= 4 is 28.4 Å². The number of nitrogens with one attached hydrogen (secondary N) is 1. The van der Waals surface area contributed by atoms with Crippen molar-refractivity contribution in [2.75, 3.05) is 7.11 Å². The number of methoxy groups -OCH3 is 1. The van der Waals surface area contributed by atoms with Gasteiger partial charge in [-0.1, -0.05) is 29.8 Å². The van der Waals surface area contributed by atoms with Gasteiger partial charge in [0.05, 0.1) is 24.3 Å². The molecule has 3 aromatic rings. The van der Waals surface area contributed by atoms with Crippen LogP contribution >= 0.6 is 11.6 Å². The first-order chi connectivity index (χ1) is 12.1. The molecule has 0 aliphatic heterocycles. The molecule has 0 radical (unpaired) electrons. The molecule has 1 aromatic heterocycles. The fraction of sp³-hybridized carbons (Fsp3) is 0.167. The summed E-state index contributed by atoms with van der Waals surface area (Å²) in [6, 6.07) is 12.3. The van der Waals surface area contributed by atoms with Gasteiger partial charge in [-0.15, -0.1) is 0 Å². The normalized spacial score (nSPS) is 10.6. The van der Waals surface area contributed by atoms with Crippen molar-refractivity contribution in [3.8, 4) is 5.75 Å². The Morgan fingerprint density at radius 1 is 1.28 bits per heavy atom. The second kappa shape index (κ2) is 7.36. The number of aromatic nitrogens is 2. The number of ether oxygens (including phenoxy) is 1. The Morgan fingerprint density at radius 2 is 2.08 bits per heavy atom. The van der Waals surface area contributed by atoms with E-state index in [1.54, 1.807) is 25.3 Å². The highest BCUT2D eigenvalue weighted by Gasteiger charge is 2.09. The molecule has 0 saturated carbocycles. The minimum atomic E-state index is -0.306. The van der Waals surface area contributed by atoms with E-state index in [1.165, 1.54) is 10.9 Å². The lowest BCUT2D eigenvalue weighted by Gasteiger charge is -2.10. The van der Waals surface area contributed by atoms with Crippen molar-refractivity contribution in [1.29, 1.82) is 0 Å². The highest BCUT2D eigenvalue weighted by atomic mass is 35.5. The van der Waals surface area contributed by atoms with E-state index < -0.39 is 0 Å². The summed E-state index contributed by atoms with van der Waals surface area (Å²) in [4.78, 5) is 28.8. The van der Waals surface area contributed by atoms with Gasteiger partial charge in [-0.25, -0.2) is 4.98 Å². The second-order valence-corrected chi connectivity index (χ2v) is 5.86. The second-order valence-electron chi connectivity index (χ2n) is 5.43. The van der Waals surface area contributed by atoms with E-state index >= 15 is 0 Å². The Balaban J connectivity index is 1.74. The molecule has 0 aliphatic rings. The predicted molar refractivity (Wildman–Crippen MR) is 95.9 cm³/mol. The van der Waals surface area contributed by atoms with E-state index in [1.807, 2.05) is 24.3 Å². The summed E-state index contributed by atoms with van der Waals surface area (Å²) in [5.74, 6) is 0.401. The van der Waals surface area contributed by atoms with Crippen molar-refractivity contribution in [3.05, 3.63) is 69.7 Å².